The highest BCUT2D eigenvalue weighted by atomic mass is 16.5. The molecule has 2 fully saturated rings. The summed E-state index contributed by atoms with van der Waals surface area (Å²) in [6, 6.07) is 0.120. The maximum absolute atomic E-state index is 11.7. The van der Waals surface area contributed by atoms with Gasteiger partial charge in [-0.1, -0.05) is 12.8 Å². The second-order valence-electron chi connectivity index (χ2n) is 5.81. The molecule has 0 aromatic carbocycles. The Morgan fingerprint density at radius 1 is 1.32 bits per heavy atom. The molecule has 19 heavy (non-hydrogen) atoms. The standard InChI is InChI=1S/C14H26N2O3/c1-10(14(18)16-11-6-7-11)15-8-12(17)9-19-13-4-2-3-5-13/h10-13,15,17H,2-9H2,1H3,(H,16,18). The lowest BCUT2D eigenvalue weighted by Crippen LogP contribution is -2.46. The van der Waals surface area contributed by atoms with Gasteiger partial charge in [-0.15, -0.1) is 0 Å². The number of nitrogens with one attached hydrogen (secondary N) is 2. The highest BCUT2D eigenvalue weighted by Gasteiger charge is 2.25. The third kappa shape index (κ3) is 5.47. The van der Waals surface area contributed by atoms with Crippen LogP contribution in [-0.2, 0) is 9.53 Å². The number of rotatable bonds is 8. The van der Waals surface area contributed by atoms with Crippen LogP contribution in [0.25, 0.3) is 0 Å². The molecule has 2 unspecified atom stereocenters. The van der Waals surface area contributed by atoms with Crippen molar-refractivity contribution in [2.45, 2.75) is 69.7 Å². The molecule has 2 rings (SSSR count). The van der Waals surface area contributed by atoms with E-state index in [0.717, 1.165) is 25.7 Å². The summed E-state index contributed by atoms with van der Waals surface area (Å²) in [4.78, 5) is 11.7. The van der Waals surface area contributed by atoms with E-state index in [1.54, 1.807) is 0 Å². The maximum atomic E-state index is 11.7. The van der Waals surface area contributed by atoms with Gasteiger partial charge in [-0.25, -0.2) is 0 Å². The average Bonchev–Trinajstić information content (AvgIpc) is 3.06. The lowest BCUT2D eigenvalue weighted by Gasteiger charge is -2.18. The van der Waals surface area contributed by atoms with Crippen LogP contribution < -0.4 is 10.6 Å². The third-order valence-corrected chi connectivity index (χ3v) is 3.80. The number of hydrogen-bond donors (Lipinski definition) is 3. The van der Waals surface area contributed by atoms with Crippen LogP contribution in [0.15, 0.2) is 0 Å². The maximum Gasteiger partial charge on any atom is 0.237 e. The Labute approximate surface area is 115 Å². The molecule has 2 aliphatic carbocycles. The average molecular weight is 270 g/mol. The van der Waals surface area contributed by atoms with Gasteiger partial charge in [0.1, 0.15) is 0 Å². The SMILES string of the molecule is CC(NCC(O)COC1CCCC1)C(=O)NC1CC1. The molecule has 2 saturated carbocycles. The fraction of sp³-hybridized carbons (Fsp3) is 0.929. The van der Waals surface area contributed by atoms with E-state index in [-0.39, 0.29) is 11.9 Å². The lowest BCUT2D eigenvalue weighted by molar-refractivity contribution is -0.123. The van der Waals surface area contributed by atoms with Crippen LogP contribution in [0.2, 0.25) is 0 Å². The Hall–Kier alpha value is -0.650. The van der Waals surface area contributed by atoms with Gasteiger partial charge in [-0.05, 0) is 32.6 Å². The van der Waals surface area contributed by atoms with Crippen LogP contribution in [0.5, 0.6) is 0 Å². The summed E-state index contributed by atoms with van der Waals surface area (Å²) in [5.74, 6) is 0.0198. The van der Waals surface area contributed by atoms with Crippen molar-refractivity contribution in [3.63, 3.8) is 0 Å². The van der Waals surface area contributed by atoms with Crippen LogP contribution in [0.1, 0.15) is 45.4 Å². The number of aliphatic hydroxyl groups is 1. The van der Waals surface area contributed by atoms with E-state index >= 15 is 0 Å². The van der Waals surface area contributed by atoms with Crippen molar-refractivity contribution in [1.29, 1.82) is 0 Å². The van der Waals surface area contributed by atoms with E-state index in [1.165, 1.54) is 12.8 Å². The first-order valence-corrected chi connectivity index (χ1v) is 7.48. The van der Waals surface area contributed by atoms with E-state index in [2.05, 4.69) is 10.6 Å². The Morgan fingerprint density at radius 2 is 2.00 bits per heavy atom. The smallest absolute Gasteiger partial charge is 0.237 e. The molecule has 2 atom stereocenters. The number of carbonyl (C=O) groups excluding carboxylic acids is 1. The number of carbonyl (C=O) groups is 1. The number of amides is 1. The monoisotopic (exact) mass is 270 g/mol. The van der Waals surface area contributed by atoms with Gasteiger partial charge in [0.2, 0.25) is 5.91 Å². The molecule has 3 N–H and O–H groups in total. The molecule has 5 heteroatoms. The summed E-state index contributed by atoms with van der Waals surface area (Å²) in [5.41, 5.74) is 0. The van der Waals surface area contributed by atoms with Gasteiger partial charge in [0.15, 0.2) is 0 Å². The van der Waals surface area contributed by atoms with Crippen LogP contribution >= 0.6 is 0 Å². The largest absolute Gasteiger partial charge is 0.389 e. The molecule has 0 saturated heterocycles. The molecule has 1 amide bonds. The second-order valence-corrected chi connectivity index (χ2v) is 5.81. The summed E-state index contributed by atoms with van der Waals surface area (Å²) >= 11 is 0. The summed E-state index contributed by atoms with van der Waals surface area (Å²) in [6.07, 6.45) is 6.66. The zero-order valence-corrected chi connectivity index (χ0v) is 11.7. The molecule has 5 nitrogen and oxygen atoms in total. The Bertz CT molecular complexity index is 288. The first kappa shape index (κ1) is 14.8. The topological polar surface area (TPSA) is 70.6 Å². The lowest BCUT2D eigenvalue weighted by atomic mass is 10.2. The van der Waals surface area contributed by atoms with Crippen molar-refractivity contribution in [1.82, 2.24) is 10.6 Å². The number of aliphatic hydroxyl groups excluding tert-OH is 1. The van der Waals surface area contributed by atoms with Crippen molar-refractivity contribution in [2.75, 3.05) is 13.2 Å². The minimum atomic E-state index is -0.545. The summed E-state index contributed by atoms with van der Waals surface area (Å²) in [5, 5.41) is 15.8. The first-order chi connectivity index (χ1) is 9.15. The number of hydrogen-bond acceptors (Lipinski definition) is 4. The molecule has 2 aliphatic rings. The normalized spacial score (nSPS) is 23.3. The van der Waals surface area contributed by atoms with Crippen LogP contribution in [0.3, 0.4) is 0 Å². The first-order valence-electron chi connectivity index (χ1n) is 7.48. The fourth-order valence-corrected chi connectivity index (χ4v) is 2.32. The predicted octanol–water partition coefficient (Wildman–Crippen LogP) is 0.563. The minimum absolute atomic E-state index is 0.0198. The highest BCUT2D eigenvalue weighted by Crippen LogP contribution is 2.21. The molecule has 0 bridgehead atoms. The summed E-state index contributed by atoms with van der Waals surface area (Å²) < 4.78 is 5.64. The molecule has 0 heterocycles. The predicted molar refractivity (Wildman–Crippen MR) is 72.8 cm³/mol. The van der Waals surface area contributed by atoms with E-state index < -0.39 is 6.10 Å². The molecule has 0 spiro atoms. The molecule has 0 radical (unpaired) electrons. The molecule has 0 aromatic heterocycles. The van der Waals surface area contributed by atoms with E-state index in [1.807, 2.05) is 6.92 Å². The van der Waals surface area contributed by atoms with Gasteiger partial charge in [-0.3, -0.25) is 4.79 Å². The summed E-state index contributed by atoms with van der Waals surface area (Å²) in [7, 11) is 0. The van der Waals surface area contributed by atoms with Crippen LogP contribution in [0.4, 0.5) is 0 Å². The van der Waals surface area contributed by atoms with Gasteiger partial charge in [0.05, 0.1) is 24.9 Å². The number of ether oxygens (including phenoxy) is 1. The Kier molecular flexibility index (Phi) is 5.60. The zero-order valence-electron chi connectivity index (χ0n) is 11.7. The molecular formula is C14H26N2O3. The summed E-state index contributed by atoms with van der Waals surface area (Å²) in [6.45, 7) is 2.57. The Balaban J connectivity index is 1.53. The molecule has 110 valence electrons. The second kappa shape index (κ2) is 7.22. The van der Waals surface area contributed by atoms with Crippen molar-refractivity contribution >= 4 is 5.91 Å². The van der Waals surface area contributed by atoms with Crippen molar-refractivity contribution in [3.8, 4) is 0 Å². The van der Waals surface area contributed by atoms with Crippen LogP contribution in [0, 0.1) is 0 Å². The zero-order chi connectivity index (χ0) is 13.7. The van der Waals surface area contributed by atoms with E-state index in [0.29, 0.717) is 25.3 Å². The van der Waals surface area contributed by atoms with Gasteiger partial charge >= 0.3 is 0 Å². The van der Waals surface area contributed by atoms with Crippen LogP contribution in [-0.4, -0.2) is 48.5 Å². The van der Waals surface area contributed by atoms with Gasteiger partial charge < -0.3 is 20.5 Å². The van der Waals surface area contributed by atoms with Crippen molar-refractivity contribution in [3.05, 3.63) is 0 Å². The van der Waals surface area contributed by atoms with Crippen molar-refractivity contribution < 1.29 is 14.6 Å². The molecule has 0 aromatic rings. The minimum Gasteiger partial charge on any atom is -0.389 e. The Morgan fingerprint density at radius 3 is 2.63 bits per heavy atom. The third-order valence-electron chi connectivity index (χ3n) is 3.80. The van der Waals surface area contributed by atoms with E-state index in [9.17, 15) is 9.90 Å². The quantitative estimate of drug-likeness (QED) is 0.603. The molecule has 0 aliphatic heterocycles. The molecular weight excluding hydrogens is 244 g/mol. The van der Waals surface area contributed by atoms with Gasteiger partial charge in [0, 0.05) is 12.6 Å². The van der Waals surface area contributed by atoms with E-state index in [4.69, 9.17) is 4.74 Å². The highest BCUT2D eigenvalue weighted by molar-refractivity contribution is 5.81. The van der Waals surface area contributed by atoms with Gasteiger partial charge in [0.25, 0.3) is 0 Å². The fourth-order valence-electron chi connectivity index (χ4n) is 2.32. The van der Waals surface area contributed by atoms with Crippen molar-refractivity contribution in [2.24, 2.45) is 0 Å². The van der Waals surface area contributed by atoms with Gasteiger partial charge in [-0.2, -0.15) is 0 Å².